The Kier molecular flexibility index (Phi) is 7.00. The van der Waals surface area contributed by atoms with Crippen molar-refractivity contribution in [1.82, 2.24) is 5.32 Å². The number of amides is 1. The molecule has 1 amide bonds. The number of nitrogens with one attached hydrogen (secondary N) is 1. The molecule has 2 rings (SSSR count). The minimum atomic E-state index is -1.16. The molecule has 0 aliphatic carbocycles. The number of aliphatic hydroxyl groups excluding tert-OH is 2. The Morgan fingerprint density at radius 3 is 2.31 bits per heavy atom. The molecule has 0 aliphatic heterocycles. The summed E-state index contributed by atoms with van der Waals surface area (Å²) in [5, 5.41) is 23.2. The van der Waals surface area contributed by atoms with Crippen molar-refractivity contribution >= 4 is 6.09 Å². The number of ether oxygens (including phenoxy) is 2. The van der Waals surface area contributed by atoms with E-state index in [1.54, 1.807) is 19.2 Å². The number of aliphatic hydroxyl groups is 2. The van der Waals surface area contributed by atoms with Gasteiger partial charge in [-0.15, -0.1) is 0 Å². The molecule has 2 unspecified atom stereocenters. The van der Waals surface area contributed by atoms with Crippen LogP contribution in [-0.4, -0.2) is 36.1 Å². The van der Waals surface area contributed by atoms with Crippen molar-refractivity contribution in [3.63, 3.8) is 0 Å². The third kappa shape index (κ3) is 5.21. The lowest BCUT2D eigenvalue weighted by Crippen LogP contribution is -2.36. The second-order valence-corrected chi connectivity index (χ2v) is 6.13. The van der Waals surface area contributed by atoms with Gasteiger partial charge in [0, 0.05) is 6.54 Å². The first-order valence-electron chi connectivity index (χ1n) is 8.38. The van der Waals surface area contributed by atoms with Crippen LogP contribution in [0.5, 0.6) is 5.75 Å². The van der Waals surface area contributed by atoms with Crippen molar-refractivity contribution < 1.29 is 24.5 Å². The zero-order chi connectivity index (χ0) is 19.1. The Bertz CT molecular complexity index is 709. The molecule has 0 spiro atoms. The smallest absolute Gasteiger partial charge is 0.407 e. The molecular weight excluding hydrogens is 334 g/mol. The minimum Gasteiger partial charge on any atom is -0.497 e. The van der Waals surface area contributed by atoms with Gasteiger partial charge in [-0.3, -0.25) is 0 Å². The van der Waals surface area contributed by atoms with Gasteiger partial charge in [-0.25, -0.2) is 4.79 Å². The second kappa shape index (κ2) is 9.22. The maximum atomic E-state index is 11.8. The Morgan fingerprint density at radius 2 is 1.73 bits per heavy atom. The summed E-state index contributed by atoms with van der Waals surface area (Å²) >= 11 is 0. The molecule has 2 aromatic carbocycles. The highest BCUT2D eigenvalue weighted by atomic mass is 16.5. The summed E-state index contributed by atoms with van der Waals surface area (Å²) in [5.74, 6) is 0.688. The molecule has 0 bridgehead atoms. The fourth-order valence-electron chi connectivity index (χ4n) is 2.79. The zero-order valence-corrected chi connectivity index (χ0v) is 15.2. The van der Waals surface area contributed by atoms with Gasteiger partial charge < -0.3 is 25.0 Å². The van der Waals surface area contributed by atoms with Crippen LogP contribution in [0, 0.1) is 13.8 Å². The molecular formula is C20H25NO5. The number of aryl methyl sites for hydroxylation is 2. The average molecular weight is 359 g/mol. The highest BCUT2D eigenvalue weighted by Crippen LogP contribution is 2.28. The van der Waals surface area contributed by atoms with E-state index < -0.39 is 18.3 Å². The summed E-state index contributed by atoms with van der Waals surface area (Å²) in [6, 6.07) is 12.9. The predicted molar refractivity (Wildman–Crippen MR) is 98.1 cm³/mol. The van der Waals surface area contributed by atoms with Crippen molar-refractivity contribution in [1.29, 1.82) is 0 Å². The molecule has 0 aliphatic rings. The topological polar surface area (TPSA) is 88.0 Å². The summed E-state index contributed by atoms with van der Waals surface area (Å²) < 4.78 is 10.3. The lowest BCUT2D eigenvalue weighted by Gasteiger charge is -2.22. The Morgan fingerprint density at radius 1 is 1.12 bits per heavy atom. The number of alkyl carbamates (subject to hydrolysis) is 1. The monoisotopic (exact) mass is 359 g/mol. The van der Waals surface area contributed by atoms with Crippen LogP contribution in [0.4, 0.5) is 4.79 Å². The molecule has 2 aromatic rings. The van der Waals surface area contributed by atoms with Gasteiger partial charge in [-0.1, -0.05) is 30.3 Å². The van der Waals surface area contributed by atoms with E-state index in [0.717, 1.165) is 16.7 Å². The molecule has 140 valence electrons. The number of hydrogen-bond acceptors (Lipinski definition) is 5. The Balaban J connectivity index is 1.89. The van der Waals surface area contributed by atoms with Crippen LogP contribution < -0.4 is 10.1 Å². The van der Waals surface area contributed by atoms with Crippen molar-refractivity contribution in [3.8, 4) is 5.75 Å². The molecule has 0 heterocycles. The maximum absolute atomic E-state index is 11.8. The van der Waals surface area contributed by atoms with Crippen LogP contribution in [0.25, 0.3) is 0 Å². The van der Waals surface area contributed by atoms with Crippen molar-refractivity contribution in [3.05, 3.63) is 64.7 Å². The summed E-state index contributed by atoms with van der Waals surface area (Å²) in [7, 11) is 1.57. The van der Waals surface area contributed by atoms with Crippen molar-refractivity contribution in [2.24, 2.45) is 0 Å². The van der Waals surface area contributed by atoms with Crippen LogP contribution in [0.15, 0.2) is 42.5 Å². The van der Waals surface area contributed by atoms with Gasteiger partial charge >= 0.3 is 6.09 Å². The number of carbonyl (C=O) groups is 1. The van der Waals surface area contributed by atoms with E-state index >= 15 is 0 Å². The first-order valence-corrected chi connectivity index (χ1v) is 8.38. The Labute approximate surface area is 153 Å². The van der Waals surface area contributed by atoms with E-state index in [1.165, 1.54) is 0 Å². The van der Waals surface area contributed by atoms with Gasteiger partial charge in [-0.05, 0) is 48.2 Å². The van der Waals surface area contributed by atoms with Crippen LogP contribution in [0.1, 0.15) is 28.4 Å². The number of rotatable bonds is 7. The molecule has 3 N–H and O–H groups in total. The van der Waals surface area contributed by atoms with Crippen LogP contribution in [0.3, 0.4) is 0 Å². The van der Waals surface area contributed by atoms with Gasteiger partial charge in [-0.2, -0.15) is 0 Å². The van der Waals surface area contributed by atoms with E-state index in [0.29, 0.717) is 11.3 Å². The molecule has 0 fully saturated rings. The van der Waals surface area contributed by atoms with Gasteiger partial charge in [0.05, 0.1) is 7.11 Å². The lowest BCUT2D eigenvalue weighted by molar-refractivity contribution is 0.0177. The first-order chi connectivity index (χ1) is 12.4. The van der Waals surface area contributed by atoms with Crippen LogP contribution in [0.2, 0.25) is 0 Å². The summed E-state index contributed by atoms with van der Waals surface area (Å²) in [6.07, 6.45) is -2.94. The van der Waals surface area contributed by atoms with Crippen LogP contribution >= 0.6 is 0 Å². The zero-order valence-electron chi connectivity index (χ0n) is 15.2. The lowest BCUT2D eigenvalue weighted by atomic mass is 9.94. The molecule has 0 saturated heterocycles. The predicted octanol–water partition coefficient (Wildman–Crippen LogP) is 2.63. The molecule has 0 saturated carbocycles. The Hall–Kier alpha value is -2.57. The van der Waals surface area contributed by atoms with Crippen molar-refractivity contribution in [2.45, 2.75) is 32.7 Å². The third-order valence-electron chi connectivity index (χ3n) is 4.13. The van der Waals surface area contributed by atoms with Crippen LogP contribution in [-0.2, 0) is 11.3 Å². The maximum Gasteiger partial charge on any atom is 0.407 e. The third-order valence-corrected chi connectivity index (χ3v) is 4.13. The number of hydrogen-bond donors (Lipinski definition) is 3. The highest BCUT2D eigenvalue weighted by Gasteiger charge is 2.23. The van der Waals surface area contributed by atoms with E-state index in [9.17, 15) is 15.0 Å². The highest BCUT2D eigenvalue weighted by molar-refractivity contribution is 5.67. The second-order valence-electron chi connectivity index (χ2n) is 6.13. The van der Waals surface area contributed by atoms with E-state index in [2.05, 4.69) is 5.32 Å². The van der Waals surface area contributed by atoms with Gasteiger partial charge in [0.1, 0.15) is 24.6 Å². The quantitative estimate of drug-likeness (QED) is 0.707. The average Bonchev–Trinajstić information content (AvgIpc) is 2.64. The first kappa shape index (κ1) is 19.8. The molecule has 2 atom stereocenters. The molecule has 6 heteroatoms. The SMILES string of the molecule is COc1cc(C)c(C(O)C(O)CNC(=O)OCc2ccccc2)c(C)c1. The molecule has 0 aromatic heterocycles. The van der Waals surface area contributed by atoms with Gasteiger partial charge in [0.15, 0.2) is 0 Å². The standard InChI is InChI=1S/C20H25NO5/c1-13-9-16(25-3)10-14(2)18(13)19(23)17(22)11-21-20(24)26-12-15-7-5-4-6-8-15/h4-10,17,19,22-23H,11-12H2,1-3H3,(H,21,24). The fourth-order valence-corrected chi connectivity index (χ4v) is 2.79. The minimum absolute atomic E-state index is 0.125. The molecule has 6 nitrogen and oxygen atoms in total. The number of benzene rings is 2. The molecule has 0 radical (unpaired) electrons. The normalized spacial score (nSPS) is 13.0. The summed E-state index contributed by atoms with van der Waals surface area (Å²) in [4.78, 5) is 11.8. The largest absolute Gasteiger partial charge is 0.497 e. The summed E-state index contributed by atoms with van der Waals surface area (Å²) in [5.41, 5.74) is 3.10. The van der Waals surface area contributed by atoms with Crippen molar-refractivity contribution in [2.75, 3.05) is 13.7 Å². The van der Waals surface area contributed by atoms with E-state index in [1.807, 2.05) is 44.2 Å². The van der Waals surface area contributed by atoms with Gasteiger partial charge in [0.2, 0.25) is 0 Å². The number of carbonyl (C=O) groups excluding carboxylic acids is 1. The van der Waals surface area contributed by atoms with Gasteiger partial charge in [0.25, 0.3) is 0 Å². The fraction of sp³-hybridized carbons (Fsp3) is 0.350. The molecule has 26 heavy (non-hydrogen) atoms. The van der Waals surface area contributed by atoms with E-state index in [4.69, 9.17) is 9.47 Å². The number of methoxy groups -OCH3 is 1. The summed E-state index contributed by atoms with van der Waals surface area (Å²) in [6.45, 7) is 3.69. The van der Waals surface area contributed by atoms with E-state index in [-0.39, 0.29) is 13.2 Å².